The van der Waals surface area contributed by atoms with Crippen LogP contribution in [-0.4, -0.2) is 63.9 Å². The second-order valence-corrected chi connectivity index (χ2v) is 9.37. The minimum Gasteiger partial charge on any atom is -0.453 e. The second-order valence-electron chi connectivity index (χ2n) is 7.69. The van der Waals surface area contributed by atoms with E-state index in [1.165, 1.54) is 17.6 Å². The number of hydrogen-bond acceptors (Lipinski definition) is 5. The Bertz CT molecular complexity index is 768. The van der Waals surface area contributed by atoms with Gasteiger partial charge in [-0.2, -0.15) is 0 Å². The van der Waals surface area contributed by atoms with Gasteiger partial charge in [0.05, 0.1) is 25.9 Å². The smallest absolute Gasteiger partial charge is 0.409 e. The average molecular weight is 429 g/mol. The third-order valence-corrected chi connectivity index (χ3v) is 6.83. The third-order valence-electron chi connectivity index (χ3n) is 5.88. The summed E-state index contributed by atoms with van der Waals surface area (Å²) in [5, 5.41) is 0. The van der Waals surface area contributed by atoms with E-state index in [1.54, 1.807) is 0 Å². The Labute approximate surface area is 171 Å². The van der Waals surface area contributed by atoms with Gasteiger partial charge in [-0.25, -0.2) is 22.3 Å². The van der Waals surface area contributed by atoms with Gasteiger partial charge < -0.3 is 14.4 Å². The van der Waals surface area contributed by atoms with E-state index >= 15 is 0 Å². The first-order chi connectivity index (χ1) is 13.9. The highest BCUT2D eigenvalue weighted by Crippen LogP contribution is 2.34. The van der Waals surface area contributed by atoms with Crippen molar-refractivity contribution in [3.8, 4) is 0 Å². The van der Waals surface area contributed by atoms with Gasteiger partial charge in [0.1, 0.15) is 0 Å². The number of ether oxygens (including phenoxy) is 2. The standard InChI is InChI=1S/C20H29FN2O5S/c1-27-20(24)23-12-11-18(22-29(25,26)14-21)19(23)13-28-17-9-7-16(8-10-17)15-5-3-2-4-6-15/h2-6,16-19,22H,7-14H2,1H3/t16?,17?,18-,19-/m0/s1. The zero-order valence-corrected chi connectivity index (χ0v) is 17.4. The first-order valence-corrected chi connectivity index (χ1v) is 11.7. The molecule has 1 saturated heterocycles. The molecule has 2 aliphatic rings. The van der Waals surface area contributed by atoms with Gasteiger partial charge >= 0.3 is 6.09 Å². The maximum Gasteiger partial charge on any atom is 0.409 e. The van der Waals surface area contributed by atoms with Crippen LogP contribution in [0, 0.1) is 0 Å². The largest absolute Gasteiger partial charge is 0.453 e. The number of rotatable bonds is 7. The summed E-state index contributed by atoms with van der Waals surface area (Å²) in [5.41, 5.74) is 1.35. The van der Waals surface area contributed by atoms with Gasteiger partial charge in [0.15, 0.2) is 0 Å². The van der Waals surface area contributed by atoms with Crippen LogP contribution in [0.25, 0.3) is 0 Å². The molecule has 1 aliphatic carbocycles. The molecule has 1 N–H and O–H groups in total. The summed E-state index contributed by atoms with van der Waals surface area (Å²) in [4.78, 5) is 13.5. The highest BCUT2D eigenvalue weighted by atomic mass is 32.2. The summed E-state index contributed by atoms with van der Waals surface area (Å²) >= 11 is 0. The molecule has 0 bridgehead atoms. The fourth-order valence-electron chi connectivity index (χ4n) is 4.33. The molecule has 0 radical (unpaired) electrons. The van der Waals surface area contributed by atoms with Crippen molar-refractivity contribution >= 4 is 16.1 Å². The van der Waals surface area contributed by atoms with Gasteiger partial charge in [0, 0.05) is 12.6 Å². The predicted octanol–water partition coefficient (Wildman–Crippen LogP) is 2.79. The molecule has 9 heteroatoms. The number of nitrogens with one attached hydrogen (secondary N) is 1. The minimum atomic E-state index is -4.02. The number of halogens is 1. The SMILES string of the molecule is COC(=O)N1CC[C@H](NS(=O)(=O)CF)[C@@H]1COC1CCC(c2ccccc2)CC1. The third kappa shape index (κ3) is 5.67. The van der Waals surface area contributed by atoms with Crippen molar-refractivity contribution in [3.05, 3.63) is 35.9 Å². The fraction of sp³-hybridized carbons (Fsp3) is 0.650. The van der Waals surface area contributed by atoms with Crippen LogP contribution in [0.4, 0.5) is 9.18 Å². The summed E-state index contributed by atoms with van der Waals surface area (Å²) in [6.07, 6.45) is 3.79. The highest BCUT2D eigenvalue weighted by molar-refractivity contribution is 7.89. The normalized spacial score (nSPS) is 27.7. The van der Waals surface area contributed by atoms with Gasteiger partial charge in [-0.3, -0.25) is 0 Å². The Morgan fingerprint density at radius 3 is 2.48 bits per heavy atom. The second kappa shape index (κ2) is 9.86. The van der Waals surface area contributed by atoms with Crippen molar-refractivity contribution in [2.45, 2.75) is 56.2 Å². The summed E-state index contributed by atoms with van der Waals surface area (Å²) in [6.45, 7) is 0.524. The average Bonchev–Trinajstić information content (AvgIpc) is 3.14. The number of hydrogen-bond donors (Lipinski definition) is 1. The van der Waals surface area contributed by atoms with Gasteiger partial charge in [-0.15, -0.1) is 0 Å². The van der Waals surface area contributed by atoms with Crippen LogP contribution in [-0.2, 0) is 19.5 Å². The van der Waals surface area contributed by atoms with Crippen molar-refractivity contribution in [2.24, 2.45) is 0 Å². The van der Waals surface area contributed by atoms with Crippen molar-refractivity contribution in [2.75, 3.05) is 26.3 Å². The number of carbonyl (C=O) groups is 1. The van der Waals surface area contributed by atoms with Gasteiger partial charge in [0.2, 0.25) is 16.0 Å². The Kier molecular flexibility index (Phi) is 7.48. The number of likely N-dealkylation sites (tertiary alicyclic amines) is 1. The monoisotopic (exact) mass is 428 g/mol. The maximum absolute atomic E-state index is 12.7. The van der Waals surface area contributed by atoms with Crippen LogP contribution < -0.4 is 4.72 Å². The van der Waals surface area contributed by atoms with E-state index in [2.05, 4.69) is 29.0 Å². The fourth-order valence-corrected chi connectivity index (χ4v) is 5.13. The van der Waals surface area contributed by atoms with E-state index < -0.39 is 34.2 Å². The lowest BCUT2D eigenvalue weighted by molar-refractivity contribution is -0.00536. The number of benzene rings is 1. The van der Waals surface area contributed by atoms with Crippen LogP contribution in [0.1, 0.15) is 43.6 Å². The van der Waals surface area contributed by atoms with Crippen LogP contribution in [0.15, 0.2) is 30.3 Å². The van der Waals surface area contributed by atoms with E-state index in [0.717, 1.165) is 25.7 Å². The number of alkyl halides is 1. The lowest BCUT2D eigenvalue weighted by Crippen LogP contribution is -2.49. The topological polar surface area (TPSA) is 84.9 Å². The Balaban J connectivity index is 1.56. The molecule has 1 aromatic carbocycles. The lowest BCUT2D eigenvalue weighted by atomic mass is 9.83. The number of amides is 1. The molecule has 1 amide bonds. The molecular weight excluding hydrogens is 399 g/mol. The van der Waals surface area contributed by atoms with Crippen LogP contribution >= 0.6 is 0 Å². The van der Waals surface area contributed by atoms with E-state index in [-0.39, 0.29) is 12.7 Å². The zero-order chi connectivity index (χ0) is 20.9. The molecule has 0 unspecified atom stereocenters. The predicted molar refractivity (Wildman–Crippen MR) is 107 cm³/mol. The Hall–Kier alpha value is -1.71. The van der Waals surface area contributed by atoms with Crippen LogP contribution in [0.3, 0.4) is 0 Å². The summed E-state index contributed by atoms with van der Waals surface area (Å²) in [7, 11) is -2.74. The molecule has 1 aliphatic heterocycles. The van der Waals surface area contributed by atoms with E-state index in [0.29, 0.717) is 18.9 Å². The zero-order valence-electron chi connectivity index (χ0n) is 16.6. The van der Waals surface area contributed by atoms with Crippen LogP contribution in [0.2, 0.25) is 0 Å². The first kappa shape index (κ1) is 22.0. The van der Waals surface area contributed by atoms with Gasteiger partial charge in [-0.05, 0) is 43.6 Å². The maximum atomic E-state index is 12.7. The molecular formula is C20H29FN2O5S. The van der Waals surface area contributed by atoms with Crippen molar-refractivity contribution in [1.82, 2.24) is 9.62 Å². The Morgan fingerprint density at radius 1 is 1.17 bits per heavy atom. The Morgan fingerprint density at radius 2 is 1.86 bits per heavy atom. The highest BCUT2D eigenvalue weighted by Gasteiger charge is 2.40. The van der Waals surface area contributed by atoms with E-state index in [9.17, 15) is 17.6 Å². The number of methoxy groups -OCH3 is 1. The molecule has 0 spiro atoms. The van der Waals surface area contributed by atoms with Gasteiger partial charge in [-0.1, -0.05) is 30.3 Å². The molecule has 2 fully saturated rings. The quantitative estimate of drug-likeness (QED) is 0.722. The summed E-state index contributed by atoms with van der Waals surface area (Å²) < 4.78 is 49.3. The molecule has 3 rings (SSSR count). The molecule has 7 nitrogen and oxygen atoms in total. The molecule has 2 atom stereocenters. The molecule has 1 heterocycles. The van der Waals surface area contributed by atoms with E-state index in [4.69, 9.17) is 9.47 Å². The molecule has 162 valence electrons. The molecule has 0 aromatic heterocycles. The van der Waals surface area contributed by atoms with Crippen LogP contribution in [0.5, 0.6) is 0 Å². The number of nitrogens with zero attached hydrogens (tertiary/aromatic N) is 1. The van der Waals surface area contributed by atoms with E-state index in [1.807, 2.05) is 6.07 Å². The first-order valence-electron chi connectivity index (χ1n) is 10.0. The van der Waals surface area contributed by atoms with Gasteiger partial charge in [0.25, 0.3) is 0 Å². The van der Waals surface area contributed by atoms with Crippen molar-refractivity contribution < 1.29 is 27.1 Å². The van der Waals surface area contributed by atoms with Crippen molar-refractivity contribution in [1.29, 1.82) is 0 Å². The molecule has 1 aromatic rings. The number of sulfonamides is 1. The number of carbonyl (C=O) groups excluding carboxylic acids is 1. The summed E-state index contributed by atoms with van der Waals surface area (Å²) in [5.74, 6) is 0.526. The lowest BCUT2D eigenvalue weighted by Gasteiger charge is -2.32. The molecule has 29 heavy (non-hydrogen) atoms. The summed E-state index contributed by atoms with van der Waals surface area (Å²) in [6, 6.07) is 7.83. The van der Waals surface area contributed by atoms with Crippen molar-refractivity contribution in [3.63, 3.8) is 0 Å². The minimum absolute atomic E-state index is 0.0634. The molecule has 1 saturated carbocycles.